The van der Waals surface area contributed by atoms with Gasteiger partial charge in [-0.15, -0.1) is 5.10 Å². The molecule has 2 aromatic rings. The summed E-state index contributed by atoms with van der Waals surface area (Å²) < 4.78 is 32.5. The number of anilines is 1. The number of hydrogen-bond donors (Lipinski definition) is 2. The summed E-state index contributed by atoms with van der Waals surface area (Å²) in [5.41, 5.74) is 0.915. The Hall–Kier alpha value is -3.27. The van der Waals surface area contributed by atoms with Crippen LogP contribution >= 0.6 is 11.8 Å². The lowest BCUT2D eigenvalue weighted by Crippen LogP contribution is -2.42. The van der Waals surface area contributed by atoms with Crippen LogP contribution in [-0.2, 0) is 9.59 Å². The number of ether oxygens (including phenoxy) is 1. The quantitative estimate of drug-likeness (QED) is 0.560. The first-order chi connectivity index (χ1) is 14.4. The highest BCUT2D eigenvalue weighted by molar-refractivity contribution is 8.15. The average molecular weight is 432 g/mol. The molecule has 1 fully saturated rings. The first-order valence-electron chi connectivity index (χ1n) is 8.85. The maximum atomic E-state index is 13.9. The van der Waals surface area contributed by atoms with Gasteiger partial charge in [-0.25, -0.2) is 8.78 Å². The number of thioether (sulfide) groups is 1. The summed E-state index contributed by atoms with van der Waals surface area (Å²) in [4.78, 5) is 24.4. The Kier molecular flexibility index (Phi) is 6.78. The molecule has 0 spiro atoms. The highest BCUT2D eigenvalue weighted by atomic mass is 32.2. The van der Waals surface area contributed by atoms with Crippen LogP contribution in [0.3, 0.4) is 0 Å². The Labute approximate surface area is 175 Å². The van der Waals surface area contributed by atoms with E-state index in [0.717, 1.165) is 11.8 Å². The van der Waals surface area contributed by atoms with Crippen LogP contribution in [0.25, 0.3) is 0 Å². The van der Waals surface area contributed by atoms with Gasteiger partial charge in [0.2, 0.25) is 11.8 Å². The summed E-state index contributed by atoms with van der Waals surface area (Å²) >= 11 is 0.997. The normalized spacial score (nSPS) is 18.1. The number of para-hydroxylation sites is 1. The fourth-order valence-corrected chi connectivity index (χ4v) is 3.52. The van der Waals surface area contributed by atoms with Crippen molar-refractivity contribution < 1.29 is 23.1 Å². The molecule has 3 rings (SSSR count). The van der Waals surface area contributed by atoms with Gasteiger partial charge in [0.05, 0.1) is 18.5 Å². The van der Waals surface area contributed by atoms with E-state index in [0.29, 0.717) is 11.3 Å². The zero-order valence-corrected chi connectivity index (χ0v) is 16.9. The standard InChI is InChI=1S/C20H18F2N4O3S/c1-11(12-7-8-16(29-2)14(22)9-12)25-26-20-24-18(27)10-17(30-20)19(28)23-15-6-4-3-5-13(15)21/h3-9,17H,10H2,1-2H3,(H,23,28)(H,24,26,27)/b25-11-. The minimum Gasteiger partial charge on any atom is -0.494 e. The maximum absolute atomic E-state index is 13.9. The monoisotopic (exact) mass is 432 g/mol. The molecular weight excluding hydrogens is 414 g/mol. The van der Waals surface area contributed by atoms with E-state index in [1.165, 1.54) is 37.4 Å². The van der Waals surface area contributed by atoms with Crippen LogP contribution in [0.4, 0.5) is 14.5 Å². The molecule has 1 atom stereocenters. The molecule has 10 heteroatoms. The van der Waals surface area contributed by atoms with E-state index < -0.39 is 28.7 Å². The van der Waals surface area contributed by atoms with E-state index in [9.17, 15) is 18.4 Å². The van der Waals surface area contributed by atoms with Crippen molar-refractivity contribution in [3.05, 3.63) is 59.7 Å². The lowest BCUT2D eigenvalue weighted by Gasteiger charge is -2.21. The fourth-order valence-electron chi connectivity index (χ4n) is 2.58. The number of hydrogen-bond acceptors (Lipinski definition) is 6. The third kappa shape index (κ3) is 5.20. The molecule has 0 bridgehead atoms. The summed E-state index contributed by atoms with van der Waals surface area (Å²) in [7, 11) is 1.37. The third-order valence-electron chi connectivity index (χ3n) is 4.16. The first-order valence-corrected chi connectivity index (χ1v) is 9.73. The summed E-state index contributed by atoms with van der Waals surface area (Å²) in [6.45, 7) is 1.63. The van der Waals surface area contributed by atoms with Gasteiger partial charge in [-0.05, 0) is 37.3 Å². The van der Waals surface area contributed by atoms with Crippen LogP contribution in [0.15, 0.2) is 52.7 Å². The number of nitrogens with zero attached hydrogens (tertiary/aromatic N) is 2. The average Bonchev–Trinajstić information content (AvgIpc) is 2.73. The lowest BCUT2D eigenvalue weighted by atomic mass is 10.1. The summed E-state index contributed by atoms with van der Waals surface area (Å²) in [5.74, 6) is -1.94. The summed E-state index contributed by atoms with van der Waals surface area (Å²) in [6, 6.07) is 10.1. The molecule has 1 aliphatic rings. The van der Waals surface area contributed by atoms with Gasteiger partial charge in [-0.1, -0.05) is 23.9 Å². The molecule has 1 unspecified atom stereocenters. The van der Waals surface area contributed by atoms with Crippen molar-refractivity contribution in [1.29, 1.82) is 0 Å². The summed E-state index contributed by atoms with van der Waals surface area (Å²) in [6.07, 6.45) is -0.0869. The smallest absolute Gasteiger partial charge is 0.238 e. The highest BCUT2D eigenvalue weighted by Crippen LogP contribution is 2.24. The van der Waals surface area contributed by atoms with Crippen LogP contribution in [0.5, 0.6) is 5.75 Å². The van der Waals surface area contributed by atoms with Crippen molar-refractivity contribution in [2.24, 2.45) is 10.2 Å². The van der Waals surface area contributed by atoms with Gasteiger partial charge in [-0.2, -0.15) is 5.10 Å². The van der Waals surface area contributed by atoms with Gasteiger partial charge in [0.1, 0.15) is 11.1 Å². The lowest BCUT2D eigenvalue weighted by molar-refractivity contribution is -0.123. The highest BCUT2D eigenvalue weighted by Gasteiger charge is 2.30. The number of methoxy groups -OCH3 is 1. The number of amides is 2. The SMILES string of the molecule is COc1ccc(/C(C)=N\N=C2/NC(=O)CC(C(=O)Nc3ccccc3F)S2)cc1F. The molecule has 2 N–H and O–H groups in total. The second kappa shape index (κ2) is 9.49. The Morgan fingerprint density at radius 2 is 2.00 bits per heavy atom. The number of halogens is 2. The van der Waals surface area contributed by atoms with E-state index in [4.69, 9.17) is 4.74 Å². The van der Waals surface area contributed by atoms with Crippen LogP contribution in [0.2, 0.25) is 0 Å². The number of amidine groups is 1. The molecule has 0 aromatic heterocycles. The molecule has 30 heavy (non-hydrogen) atoms. The fraction of sp³-hybridized carbons (Fsp3) is 0.200. The minimum absolute atomic E-state index is 0.0305. The first kappa shape index (κ1) is 21.4. The maximum Gasteiger partial charge on any atom is 0.238 e. The molecule has 156 valence electrons. The Bertz CT molecular complexity index is 1040. The summed E-state index contributed by atoms with van der Waals surface area (Å²) in [5, 5.41) is 12.3. The van der Waals surface area contributed by atoms with Crippen LogP contribution in [0.1, 0.15) is 18.9 Å². The van der Waals surface area contributed by atoms with E-state index >= 15 is 0 Å². The van der Waals surface area contributed by atoms with Crippen molar-refractivity contribution in [2.45, 2.75) is 18.6 Å². The molecule has 0 aliphatic carbocycles. The van der Waals surface area contributed by atoms with Gasteiger partial charge in [-0.3, -0.25) is 9.59 Å². The Morgan fingerprint density at radius 3 is 2.70 bits per heavy atom. The molecule has 0 saturated carbocycles. The Morgan fingerprint density at radius 1 is 1.23 bits per heavy atom. The van der Waals surface area contributed by atoms with Crippen molar-refractivity contribution in [3.8, 4) is 5.75 Å². The number of benzene rings is 2. The van der Waals surface area contributed by atoms with Crippen molar-refractivity contribution in [1.82, 2.24) is 5.32 Å². The topological polar surface area (TPSA) is 92.2 Å². The van der Waals surface area contributed by atoms with Crippen LogP contribution in [0, 0.1) is 11.6 Å². The molecule has 2 amide bonds. The third-order valence-corrected chi connectivity index (χ3v) is 5.23. The van der Waals surface area contributed by atoms with Gasteiger partial charge >= 0.3 is 0 Å². The zero-order chi connectivity index (χ0) is 21.7. The van der Waals surface area contributed by atoms with Crippen molar-refractivity contribution in [2.75, 3.05) is 12.4 Å². The van der Waals surface area contributed by atoms with Gasteiger partial charge in [0, 0.05) is 12.0 Å². The Balaban J connectivity index is 1.72. The number of carbonyl (C=O) groups is 2. The predicted molar refractivity (Wildman–Crippen MR) is 112 cm³/mol. The molecule has 0 radical (unpaired) electrons. The largest absolute Gasteiger partial charge is 0.494 e. The van der Waals surface area contributed by atoms with E-state index in [-0.39, 0.29) is 23.0 Å². The zero-order valence-electron chi connectivity index (χ0n) is 16.1. The number of rotatable bonds is 5. The van der Waals surface area contributed by atoms with Gasteiger partial charge in [0.15, 0.2) is 16.7 Å². The van der Waals surface area contributed by atoms with Gasteiger partial charge in [0.25, 0.3) is 0 Å². The second-order valence-corrected chi connectivity index (χ2v) is 7.46. The van der Waals surface area contributed by atoms with E-state index in [1.807, 2.05) is 0 Å². The predicted octanol–water partition coefficient (Wildman–Crippen LogP) is 3.31. The molecule has 1 heterocycles. The van der Waals surface area contributed by atoms with Crippen LogP contribution < -0.4 is 15.4 Å². The van der Waals surface area contributed by atoms with E-state index in [1.54, 1.807) is 19.1 Å². The van der Waals surface area contributed by atoms with Crippen LogP contribution in [-0.4, -0.2) is 35.1 Å². The van der Waals surface area contributed by atoms with Gasteiger partial charge < -0.3 is 15.4 Å². The van der Waals surface area contributed by atoms with Crippen molar-refractivity contribution in [3.63, 3.8) is 0 Å². The number of carbonyl (C=O) groups excluding carboxylic acids is 2. The molecule has 7 nitrogen and oxygen atoms in total. The molecule has 1 saturated heterocycles. The minimum atomic E-state index is -0.800. The van der Waals surface area contributed by atoms with E-state index in [2.05, 4.69) is 20.8 Å². The van der Waals surface area contributed by atoms with Crippen molar-refractivity contribution >= 4 is 40.1 Å². The molecular formula is C20H18F2N4O3S. The second-order valence-electron chi connectivity index (χ2n) is 6.27. The molecule has 2 aromatic carbocycles. The molecule has 1 aliphatic heterocycles. The number of nitrogens with one attached hydrogen (secondary N) is 2.